The number of nitro groups is 1. The summed E-state index contributed by atoms with van der Waals surface area (Å²) in [5, 5.41) is 14.6. The molecule has 0 saturated heterocycles. The average Bonchev–Trinajstić information content (AvgIpc) is 3.03. The van der Waals surface area contributed by atoms with Gasteiger partial charge in [-0.1, -0.05) is 30.3 Å². The van der Waals surface area contributed by atoms with Gasteiger partial charge in [-0.15, -0.1) is 11.3 Å². The average molecular weight is 382 g/mol. The highest BCUT2D eigenvalue weighted by atomic mass is 32.1. The number of nitro benzene ring substituents is 1. The monoisotopic (exact) mass is 382 g/mol. The van der Waals surface area contributed by atoms with Crippen molar-refractivity contribution in [3.05, 3.63) is 75.8 Å². The predicted octanol–water partition coefficient (Wildman–Crippen LogP) is 4.25. The van der Waals surface area contributed by atoms with Crippen LogP contribution in [0, 0.1) is 10.1 Å². The van der Waals surface area contributed by atoms with Crippen LogP contribution in [0.2, 0.25) is 0 Å². The number of fused-ring (bicyclic) bond motifs is 1. The summed E-state index contributed by atoms with van der Waals surface area (Å²) in [5.41, 5.74) is 0.758. The van der Waals surface area contributed by atoms with E-state index in [1.165, 1.54) is 48.8 Å². The molecule has 0 aliphatic carbocycles. The van der Waals surface area contributed by atoms with Crippen molar-refractivity contribution in [2.24, 2.45) is 0 Å². The zero-order valence-corrected chi connectivity index (χ0v) is 15.0. The second-order valence-electron chi connectivity index (χ2n) is 5.47. The Balaban J connectivity index is 1.85. The molecule has 0 spiro atoms. The summed E-state index contributed by atoms with van der Waals surface area (Å²) in [5.74, 6) is -0.997. The molecule has 0 fully saturated rings. The van der Waals surface area contributed by atoms with Gasteiger partial charge in [0.2, 0.25) is 5.91 Å². The number of hydrogen-bond acceptors (Lipinski definition) is 6. The zero-order valence-electron chi connectivity index (χ0n) is 14.2. The molecule has 0 aliphatic rings. The van der Waals surface area contributed by atoms with Crippen LogP contribution in [-0.2, 0) is 9.53 Å². The van der Waals surface area contributed by atoms with Crippen molar-refractivity contribution >= 4 is 50.1 Å². The summed E-state index contributed by atoms with van der Waals surface area (Å²) in [6.45, 7) is 0. The minimum absolute atomic E-state index is 0.0601. The molecule has 3 aromatic rings. The van der Waals surface area contributed by atoms with E-state index in [9.17, 15) is 19.7 Å². The number of benzene rings is 2. The first-order chi connectivity index (χ1) is 13.0. The van der Waals surface area contributed by atoms with Gasteiger partial charge in [0.05, 0.1) is 12.0 Å². The highest BCUT2D eigenvalue weighted by molar-refractivity contribution is 7.23. The van der Waals surface area contributed by atoms with Gasteiger partial charge in [-0.05, 0) is 17.7 Å². The number of nitrogens with zero attached hydrogens (tertiary/aromatic N) is 1. The first-order valence-corrected chi connectivity index (χ1v) is 8.64. The molecular weight excluding hydrogens is 368 g/mol. The molecule has 0 saturated carbocycles. The Hall–Kier alpha value is -3.52. The molecule has 1 heterocycles. The second kappa shape index (κ2) is 7.79. The number of nitrogens with one attached hydrogen (secondary N) is 1. The summed E-state index contributed by atoms with van der Waals surface area (Å²) in [4.78, 5) is 34.7. The molecule has 136 valence electrons. The Kier molecular flexibility index (Phi) is 5.28. The molecule has 1 N–H and O–H groups in total. The van der Waals surface area contributed by atoms with E-state index in [1.54, 1.807) is 18.2 Å². The van der Waals surface area contributed by atoms with Crippen LogP contribution < -0.4 is 5.32 Å². The van der Waals surface area contributed by atoms with Crippen LogP contribution in [0.1, 0.15) is 15.9 Å². The molecule has 1 amide bonds. The predicted molar refractivity (Wildman–Crippen MR) is 104 cm³/mol. The summed E-state index contributed by atoms with van der Waals surface area (Å²) in [6, 6.07) is 13.2. The van der Waals surface area contributed by atoms with E-state index >= 15 is 0 Å². The second-order valence-corrected chi connectivity index (χ2v) is 6.52. The van der Waals surface area contributed by atoms with Gasteiger partial charge in [-0.2, -0.15) is 0 Å². The van der Waals surface area contributed by atoms with Crippen molar-refractivity contribution in [2.75, 3.05) is 12.4 Å². The van der Waals surface area contributed by atoms with Crippen LogP contribution in [-0.4, -0.2) is 23.9 Å². The van der Waals surface area contributed by atoms with Crippen LogP contribution in [0.15, 0.2) is 54.6 Å². The SMILES string of the molecule is COC(=O)c1c(NC(=O)C=Cc2cccc([N+](=O)[O-])c2)sc2ccccc12. The number of hydrogen-bond donors (Lipinski definition) is 1. The maximum atomic E-state index is 12.3. The van der Waals surface area contributed by atoms with E-state index in [4.69, 9.17) is 4.74 Å². The largest absolute Gasteiger partial charge is 0.465 e. The maximum absolute atomic E-state index is 12.3. The quantitative estimate of drug-likeness (QED) is 0.308. The maximum Gasteiger partial charge on any atom is 0.341 e. The van der Waals surface area contributed by atoms with E-state index < -0.39 is 16.8 Å². The number of ether oxygens (including phenoxy) is 1. The summed E-state index contributed by atoms with van der Waals surface area (Å²) >= 11 is 1.27. The normalized spacial score (nSPS) is 10.9. The lowest BCUT2D eigenvalue weighted by molar-refractivity contribution is -0.384. The van der Waals surface area contributed by atoms with Gasteiger partial charge in [0, 0.05) is 28.3 Å². The fourth-order valence-electron chi connectivity index (χ4n) is 2.51. The standard InChI is InChI=1S/C19H14N2O5S/c1-26-19(23)17-14-7-2-3-8-15(14)27-18(17)20-16(22)10-9-12-5-4-6-13(11-12)21(24)25/h2-11H,1H3,(H,20,22). The number of non-ortho nitro benzene ring substituents is 1. The van der Waals surface area contributed by atoms with Gasteiger partial charge in [0.25, 0.3) is 5.69 Å². The highest BCUT2D eigenvalue weighted by Gasteiger charge is 2.20. The number of carbonyl (C=O) groups excluding carboxylic acids is 2. The van der Waals surface area contributed by atoms with Gasteiger partial charge in [-0.25, -0.2) is 4.79 Å². The van der Waals surface area contributed by atoms with Crippen molar-refractivity contribution < 1.29 is 19.2 Å². The van der Waals surface area contributed by atoms with E-state index in [0.29, 0.717) is 21.5 Å². The zero-order chi connectivity index (χ0) is 19.4. The molecule has 0 aliphatic heterocycles. The third-order valence-electron chi connectivity index (χ3n) is 3.73. The fourth-order valence-corrected chi connectivity index (χ4v) is 3.60. The van der Waals surface area contributed by atoms with Crippen LogP contribution in [0.5, 0.6) is 0 Å². The summed E-state index contributed by atoms with van der Waals surface area (Å²) in [6.07, 6.45) is 2.72. The number of amides is 1. The lowest BCUT2D eigenvalue weighted by Crippen LogP contribution is -2.11. The van der Waals surface area contributed by atoms with Gasteiger partial charge >= 0.3 is 5.97 Å². The first kappa shape index (κ1) is 18.3. The topological polar surface area (TPSA) is 98.5 Å². The van der Waals surface area contributed by atoms with Gasteiger partial charge in [0.1, 0.15) is 10.6 Å². The van der Waals surface area contributed by atoms with E-state index in [1.807, 2.05) is 12.1 Å². The van der Waals surface area contributed by atoms with Crippen molar-refractivity contribution in [1.29, 1.82) is 0 Å². The molecule has 27 heavy (non-hydrogen) atoms. The Morgan fingerprint density at radius 3 is 2.70 bits per heavy atom. The molecule has 7 nitrogen and oxygen atoms in total. The number of methoxy groups -OCH3 is 1. The van der Waals surface area contributed by atoms with Crippen molar-refractivity contribution in [1.82, 2.24) is 0 Å². The highest BCUT2D eigenvalue weighted by Crippen LogP contribution is 2.36. The molecule has 1 aromatic heterocycles. The Labute approximate surface area is 158 Å². The molecule has 0 bridgehead atoms. The smallest absolute Gasteiger partial charge is 0.341 e. The minimum Gasteiger partial charge on any atom is -0.465 e. The van der Waals surface area contributed by atoms with Crippen molar-refractivity contribution in [2.45, 2.75) is 0 Å². The van der Waals surface area contributed by atoms with E-state index in [2.05, 4.69) is 5.32 Å². The summed E-state index contributed by atoms with van der Waals surface area (Å²) in [7, 11) is 1.28. The van der Waals surface area contributed by atoms with Crippen molar-refractivity contribution in [3.63, 3.8) is 0 Å². The van der Waals surface area contributed by atoms with Crippen LogP contribution in [0.4, 0.5) is 10.7 Å². The Morgan fingerprint density at radius 2 is 1.96 bits per heavy atom. The molecule has 0 atom stereocenters. The molecular formula is C19H14N2O5S. The fraction of sp³-hybridized carbons (Fsp3) is 0.0526. The Bertz CT molecular complexity index is 1070. The first-order valence-electron chi connectivity index (χ1n) is 7.83. The van der Waals surface area contributed by atoms with Gasteiger partial charge in [0.15, 0.2) is 0 Å². The van der Waals surface area contributed by atoms with Gasteiger partial charge in [-0.3, -0.25) is 14.9 Å². The lowest BCUT2D eigenvalue weighted by atomic mass is 10.1. The number of thiophene rings is 1. The lowest BCUT2D eigenvalue weighted by Gasteiger charge is -2.03. The van der Waals surface area contributed by atoms with Crippen LogP contribution in [0.3, 0.4) is 0 Å². The number of carbonyl (C=O) groups is 2. The molecule has 3 rings (SSSR count). The third-order valence-corrected chi connectivity index (χ3v) is 4.82. The molecule has 2 aromatic carbocycles. The molecule has 8 heteroatoms. The van der Waals surface area contributed by atoms with Crippen molar-refractivity contribution in [3.8, 4) is 0 Å². The third kappa shape index (κ3) is 4.01. The van der Waals surface area contributed by atoms with E-state index in [0.717, 1.165) is 4.70 Å². The Morgan fingerprint density at radius 1 is 1.19 bits per heavy atom. The van der Waals surface area contributed by atoms with Gasteiger partial charge < -0.3 is 10.1 Å². The molecule has 0 radical (unpaired) electrons. The van der Waals surface area contributed by atoms with Crippen LogP contribution >= 0.6 is 11.3 Å². The van der Waals surface area contributed by atoms with Crippen LogP contribution in [0.25, 0.3) is 16.2 Å². The minimum atomic E-state index is -0.537. The van der Waals surface area contributed by atoms with E-state index in [-0.39, 0.29) is 5.69 Å². The number of anilines is 1. The molecule has 0 unspecified atom stereocenters. The number of rotatable bonds is 5. The number of esters is 1. The summed E-state index contributed by atoms with van der Waals surface area (Å²) < 4.78 is 5.67.